The molecule has 0 bridgehead atoms. The Morgan fingerprint density at radius 3 is 1.42 bits per heavy atom. The van der Waals surface area contributed by atoms with Crippen LogP contribution in [0.15, 0.2) is 158 Å². The number of fused-ring (bicyclic) bond motifs is 12. The molecule has 0 fully saturated rings. The lowest BCUT2D eigenvalue weighted by molar-refractivity contribution is -0.617. The number of nitrogens with zero attached hydrogens (tertiary/aromatic N) is 4. The Morgan fingerprint density at radius 2 is 0.903 bits per heavy atom. The van der Waals surface area contributed by atoms with E-state index in [2.05, 4.69) is 274 Å². The maximum atomic E-state index is 2.58. The van der Waals surface area contributed by atoms with Gasteiger partial charge in [-0.05, 0) is 157 Å². The fraction of sp³-hybridized carbons (Fsp3) is 0.269. The zero-order chi connectivity index (χ0) is 50.6. The first-order chi connectivity index (χ1) is 34.1. The molecule has 0 amide bonds. The van der Waals surface area contributed by atoms with Crippen LogP contribution < -0.4 is 30.8 Å². The third kappa shape index (κ3) is 7.05. The predicted molar refractivity (Wildman–Crippen MR) is 310 cm³/mol. The largest absolute Gasteiger partial charge is 0.311 e. The number of hydrogen-bond acceptors (Lipinski definition) is 2. The monoisotopic (exact) mass is 940 g/mol. The lowest BCUT2D eigenvalue weighted by atomic mass is 9.33. The number of aromatic nitrogens is 2. The zero-order valence-electron chi connectivity index (χ0n) is 44.9. The molecular formula is C67H68BN4+. The van der Waals surface area contributed by atoms with Gasteiger partial charge in [0, 0.05) is 44.9 Å². The van der Waals surface area contributed by atoms with Crippen LogP contribution in [0.25, 0.3) is 49.5 Å². The Labute approximate surface area is 427 Å². The first-order valence-corrected chi connectivity index (χ1v) is 26.1. The summed E-state index contributed by atoms with van der Waals surface area (Å²) < 4.78 is 4.92. The lowest BCUT2D eigenvalue weighted by Crippen LogP contribution is -2.61. The van der Waals surface area contributed by atoms with E-state index >= 15 is 0 Å². The summed E-state index contributed by atoms with van der Waals surface area (Å²) in [6.45, 7) is 30.2. The highest BCUT2D eigenvalue weighted by atomic mass is 15.2. The normalized spacial score (nSPS) is 13.9. The van der Waals surface area contributed by atoms with Gasteiger partial charge in [-0.1, -0.05) is 168 Å². The zero-order valence-corrected chi connectivity index (χ0v) is 44.9. The molecule has 8 aromatic carbocycles. The van der Waals surface area contributed by atoms with E-state index in [4.69, 9.17) is 0 Å². The highest BCUT2D eigenvalue weighted by molar-refractivity contribution is 7.00. The minimum absolute atomic E-state index is 0.00663. The second kappa shape index (κ2) is 15.7. The van der Waals surface area contributed by atoms with Gasteiger partial charge >= 0.3 is 0 Å². The van der Waals surface area contributed by atoms with Crippen LogP contribution in [0.1, 0.15) is 111 Å². The maximum Gasteiger partial charge on any atom is 0.295 e. The molecular weight excluding hydrogens is 872 g/mol. The molecule has 2 aliphatic heterocycles. The van der Waals surface area contributed by atoms with E-state index < -0.39 is 0 Å². The molecule has 2 aliphatic rings. The highest BCUT2D eigenvalue weighted by Crippen LogP contribution is 2.48. The number of anilines is 6. The van der Waals surface area contributed by atoms with Crippen LogP contribution in [0.2, 0.25) is 0 Å². The Hall–Kier alpha value is -7.11. The first-order valence-electron chi connectivity index (χ1n) is 26.1. The van der Waals surface area contributed by atoms with Crippen molar-refractivity contribution in [2.75, 3.05) is 9.80 Å². The fourth-order valence-corrected chi connectivity index (χ4v) is 12.0. The average molecular weight is 940 g/mol. The Balaban J connectivity index is 1.20. The molecule has 0 aliphatic carbocycles. The standard InChI is InChI=1S/C67H68BN4/c1-41-18-17-20-51-50-19-15-16-21-54(50)72-58-36-42(22-33-57(58)69(14)63(72)61(41)51)43-37-59-62-60(38-43)71(49-31-25-45(26-32-49)65(5,6)7)56-35-28-47(67(11,12)13)40-53(56)68(62)52-39-46(66(8,9)10)27-34-55(52)70(59)48-29-23-44(24-30-48)64(2,3)4/h15-40H,1-14H3/q+1. The quantitative estimate of drug-likeness (QED) is 0.0996. The second-order valence-electron chi connectivity index (χ2n) is 25.1. The molecule has 0 saturated heterocycles. The molecule has 5 heteroatoms. The van der Waals surface area contributed by atoms with Crippen molar-refractivity contribution in [3.8, 4) is 11.1 Å². The summed E-state index contributed by atoms with van der Waals surface area (Å²) in [5.41, 5.74) is 25.0. The number of hydrogen-bond donors (Lipinski definition) is 0. The number of aryl methyl sites for hydroxylation is 2. The van der Waals surface area contributed by atoms with E-state index in [9.17, 15) is 0 Å². The van der Waals surface area contributed by atoms with Gasteiger partial charge in [0.25, 0.3) is 12.4 Å². The summed E-state index contributed by atoms with van der Waals surface area (Å²) in [6, 6.07) is 61.3. The molecule has 0 unspecified atom stereocenters. The van der Waals surface area contributed by atoms with E-state index in [-0.39, 0.29) is 28.4 Å². The minimum Gasteiger partial charge on any atom is -0.311 e. The molecule has 0 spiro atoms. The molecule has 0 atom stereocenters. The van der Waals surface area contributed by atoms with Gasteiger partial charge in [0.1, 0.15) is 5.52 Å². The van der Waals surface area contributed by atoms with Crippen molar-refractivity contribution in [2.24, 2.45) is 7.05 Å². The van der Waals surface area contributed by atoms with E-state index in [0.717, 1.165) is 11.4 Å². The summed E-state index contributed by atoms with van der Waals surface area (Å²) >= 11 is 0. The SMILES string of the molecule is Cc1cccc2c3ccccc3n3c4cc(-c5cc6c7c(c5)N(c5ccc(C(C)(C)C)cc5)c5ccc(C(C)(C)C)cc5B7c5cc(C(C)(C)C)ccc5N6c5ccc(C(C)(C)C)cc5)ccc4[n+](C)c3c12. The minimum atomic E-state index is -0.0403. The lowest BCUT2D eigenvalue weighted by Gasteiger charge is -2.45. The highest BCUT2D eigenvalue weighted by Gasteiger charge is 2.45. The third-order valence-corrected chi connectivity index (χ3v) is 16.2. The van der Waals surface area contributed by atoms with Gasteiger partial charge in [-0.25, -0.2) is 4.57 Å². The smallest absolute Gasteiger partial charge is 0.295 e. The van der Waals surface area contributed by atoms with E-state index in [1.165, 1.54) is 116 Å². The Morgan fingerprint density at radius 1 is 0.417 bits per heavy atom. The summed E-state index contributed by atoms with van der Waals surface area (Å²) in [7, 11) is 2.23. The van der Waals surface area contributed by atoms with Crippen LogP contribution in [0.5, 0.6) is 0 Å². The van der Waals surface area contributed by atoms with Crippen molar-refractivity contribution in [3.05, 3.63) is 186 Å². The van der Waals surface area contributed by atoms with Crippen molar-refractivity contribution < 1.29 is 4.57 Å². The van der Waals surface area contributed by atoms with E-state index in [0.29, 0.717) is 0 Å². The predicted octanol–water partition coefficient (Wildman–Crippen LogP) is 15.5. The molecule has 4 nitrogen and oxygen atoms in total. The van der Waals surface area contributed by atoms with Crippen LogP contribution in [-0.2, 0) is 28.7 Å². The molecule has 0 radical (unpaired) electrons. The van der Waals surface area contributed by atoms with E-state index in [1.807, 2.05) is 0 Å². The van der Waals surface area contributed by atoms with Crippen LogP contribution in [0.4, 0.5) is 34.1 Å². The molecule has 12 rings (SSSR count). The van der Waals surface area contributed by atoms with Gasteiger partial charge in [-0.3, -0.25) is 0 Å². The van der Waals surface area contributed by atoms with Crippen molar-refractivity contribution >= 4 is 95.6 Å². The summed E-state index contributed by atoms with van der Waals surface area (Å²) in [5.74, 6) is 0. The Kier molecular flexibility index (Phi) is 10.0. The molecule has 72 heavy (non-hydrogen) atoms. The molecule has 10 aromatic rings. The van der Waals surface area contributed by atoms with Crippen molar-refractivity contribution in [1.29, 1.82) is 0 Å². The van der Waals surface area contributed by atoms with Gasteiger partial charge in [-0.15, -0.1) is 0 Å². The molecule has 0 N–H and O–H groups in total. The summed E-state index contributed by atoms with van der Waals surface area (Å²) in [6.07, 6.45) is 0. The molecule has 4 heterocycles. The molecule has 0 saturated carbocycles. The summed E-state index contributed by atoms with van der Waals surface area (Å²) in [5, 5.41) is 3.85. The van der Waals surface area contributed by atoms with Gasteiger partial charge in [0.15, 0.2) is 11.0 Å². The number of para-hydroxylation sites is 1. The van der Waals surface area contributed by atoms with E-state index in [1.54, 1.807) is 0 Å². The molecule has 358 valence electrons. The van der Waals surface area contributed by atoms with Crippen LogP contribution in [0, 0.1) is 6.92 Å². The van der Waals surface area contributed by atoms with Crippen LogP contribution in [-0.4, -0.2) is 11.1 Å². The Bertz CT molecular complexity index is 3720. The maximum absolute atomic E-state index is 2.58. The number of imidazole rings is 1. The third-order valence-electron chi connectivity index (χ3n) is 16.2. The van der Waals surface area contributed by atoms with Gasteiger partial charge < -0.3 is 9.80 Å². The fourth-order valence-electron chi connectivity index (χ4n) is 12.0. The van der Waals surface area contributed by atoms with Crippen LogP contribution >= 0.6 is 0 Å². The van der Waals surface area contributed by atoms with Crippen molar-refractivity contribution in [2.45, 2.75) is 112 Å². The number of pyridine rings is 1. The average Bonchev–Trinajstić information content (AvgIpc) is 3.63. The van der Waals surface area contributed by atoms with Crippen molar-refractivity contribution in [3.63, 3.8) is 0 Å². The molecule has 2 aromatic heterocycles. The first kappa shape index (κ1) is 46.0. The van der Waals surface area contributed by atoms with Crippen molar-refractivity contribution in [1.82, 2.24) is 4.40 Å². The number of benzene rings is 8. The van der Waals surface area contributed by atoms with Gasteiger partial charge in [-0.2, -0.15) is 4.40 Å². The van der Waals surface area contributed by atoms with Crippen LogP contribution in [0.3, 0.4) is 0 Å². The number of rotatable bonds is 3. The van der Waals surface area contributed by atoms with Gasteiger partial charge in [0.05, 0.1) is 12.4 Å². The topological polar surface area (TPSA) is 14.8 Å². The summed E-state index contributed by atoms with van der Waals surface area (Å²) in [4.78, 5) is 5.17. The second-order valence-corrected chi connectivity index (χ2v) is 25.1. The van der Waals surface area contributed by atoms with Gasteiger partial charge in [0.2, 0.25) is 0 Å².